The Bertz CT molecular complexity index is 922. The quantitative estimate of drug-likeness (QED) is 0.203. The molecule has 158 valence electrons. The second-order valence-electron chi connectivity index (χ2n) is 6.93. The van der Waals surface area contributed by atoms with Crippen LogP contribution in [0.25, 0.3) is 6.08 Å². The molecule has 0 aliphatic heterocycles. The number of carbonyl (C=O) groups excluding carboxylic acids is 1. The third-order valence-corrected chi connectivity index (χ3v) is 5.20. The highest BCUT2D eigenvalue weighted by molar-refractivity contribution is 9.10. The van der Waals surface area contributed by atoms with Gasteiger partial charge in [0.15, 0.2) is 0 Å². The molecule has 0 bridgehead atoms. The Balaban J connectivity index is 2.06. The van der Waals surface area contributed by atoms with Crippen molar-refractivity contribution in [3.8, 4) is 11.8 Å². The minimum absolute atomic E-state index is 0.0162. The Kier molecular flexibility index (Phi) is 10.5. The van der Waals surface area contributed by atoms with E-state index in [0.29, 0.717) is 28.6 Å². The number of amides is 1. The third kappa shape index (κ3) is 8.22. The van der Waals surface area contributed by atoms with Crippen molar-refractivity contribution in [3.63, 3.8) is 0 Å². The van der Waals surface area contributed by atoms with Crippen molar-refractivity contribution in [1.82, 2.24) is 0 Å². The smallest absolute Gasteiger partial charge is 0.266 e. The van der Waals surface area contributed by atoms with Gasteiger partial charge in [0.25, 0.3) is 5.91 Å². The van der Waals surface area contributed by atoms with Crippen LogP contribution in [0.15, 0.2) is 52.5 Å². The van der Waals surface area contributed by atoms with E-state index in [0.717, 1.165) is 17.3 Å². The summed E-state index contributed by atoms with van der Waals surface area (Å²) in [6.45, 7) is 2.81. The zero-order valence-corrected chi connectivity index (χ0v) is 19.4. The largest absolute Gasteiger partial charge is 0.493 e. The van der Waals surface area contributed by atoms with E-state index in [1.54, 1.807) is 30.3 Å². The molecule has 2 rings (SSSR count). The topological polar surface area (TPSA) is 62.1 Å². The summed E-state index contributed by atoms with van der Waals surface area (Å²) in [7, 11) is 0. The van der Waals surface area contributed by atoms with Crippen LogP contribution in [0.2, 0.25) is 5.02 Å². The number of hydrogen-bond acceptors (Lipinski definition) is 3. The van der Waals surface area contributed by atoms with Crippen molar-refractivity contribution < 1.29 is 9.53 Å². The number of rotatable bonds is 11. The Morgan fingerprint density at radius 1 is 1.17 bits per heavy atom. The number of ether oxygens (including phenoxy) is 1. The number of unbranched alkanes of at least 4 members (excludes halogenated alkanes) is 5. The molecule has 2 aromatic carbocycles. The van der Waals surface area contributed by atoms with Crippen LogP contribution in [0.3, 0.4) is 0 Å². The van der Waals surface area contributed by atoms with E-state index in [4.69, 9.17) is 16.3 Å². The van der Waals surface area contributed by atoms with Gasteiger partial charge >= 0.3 is 0 Å². The molecular weight excluding hydrogens is 464 g/mol. The fourth-order valence-corrected chi connectivity index (χ4v) is 3.47. The normalized spacial score (nSPS) is 11.1. The molecule has 0 atom stereocenters. The van der Waals surface area contributed by atoms with Crippen LogP contribution < -0.4 is 10.1 Å². The van der Waals surface area contributed by atoms with Crippen LogP contribution in [-0.2, 0) is 4.79 Å². The summed E-state index contributed by atoms with van der Waals surface area (Å²) in [5.74, 6) is 0.150. The SMILES string of the molecule is CCCCCCCCOc1ccc(Br)cc1/C=C(/C#N)C(=O)Nc1cccc(Cl)c1. The van der Waals surface area contributed by atoms with Gasteiger partial charge < -0.3 is 10.1 Å². The van der Waals surface area contributed by atoms with Crippen LogP contribution in [0, 0.1) is 11.3 Å². The molecule has 0 unspecified atom stereocenters. The lowest BCUT2D eigenvalue weighted by Crippen LogP contribution is -2.13. The maximum absolute atomic E-state index is 12.5. The third-order valence-electron chi connectivity index (χ3n) is 4.47. The second kappa shape index (κ2) is 13.1. The molecule has 2 aromatic rings. The van der Waals surface area contributed by atoms with Gasteiger partial charge in [-0.25, -0.2) is 0 Å². The number of hydrogen-bond donors (Lipinski definition) is 1. The van der Waals surface area contributed by atoms with E-state index < -0.39 is 5.91 Å². The highest BCUT2D eigenvalue weighted by atomic mass is 79.9. The minimum atomic E-state index is -0.499. The lowest BCUT2D eigenvalue weighted by atomic mass is 10.1. The Morgan fingerprint density at radius 2 is 1.93 bits per heavy atom. The maximum Gasteiger partial charge on any atom is 0.266 e. The van der Waals surface area contributed by atoms with Crippen LogP contribution in [0.1, 0.15) is 51.0 Å². The predicted octanol–water partition coefficient (Wildman–Crippen LogP) is 7.39. The average molecular weight is 490 g/mol. The van der Waals surface area contributed by atoms with E-state index in [2.05, 4.69) is 28.2 Å². The molecule has 0 radical (unpaired) electrons. The van der Waals surface area contributed by atoms with E-state index in [1.807, 2.05) is 24.3 Å². The second-order valence-corrected chi connectivity index (χ2v) is 8.28. The van der Waals surface area contributed by atoms with Crippen molar-refractivity contribution in [2.75, 3.05) is 11.9 Å². The molecule has 0 spiro atoms. The maximum atomic E-state index is 12.5. The number of nitrogens with one attached hydrogen (secondary N) is 1. The molecule has 0 aliphatic rings. The van der Waals surface area contributed by atoms with Crippen molar-refractivity contribution in [2.24, 2.45) is 0 Å². The molecule has 0 aliphatic carbocycles. The van der Waals surface area contributed by atoms with Crippen LogP contribution in [-0.4, -0.2) is 12.5 Å². The molecule has 1 amide bonds. The zero-order chi connectivity index (χ0) is 21.8. The standard InChI is InChI=1S/C24H26BrClN2O2/c1-2-3-4-5-6-7-13-30-23-12-11-20(25)15-18(23)14-19(17-27)24(29)28-22-10-8-9-21(26)16-22/h8-12,14-16H,2-7,13H2,1H3,(H,28,29)/b19-14-. The fraction of sp³-hybridized carbons (Fsp3) is 0.333. The molecule has 30 heavy (non-hydrogen) atoms. The van der Waals surface area contributed by atoms with E-state index in [-0.39, 0.29) is 5.57 Å². The molecular formula is C24H26BrClN2O2. The van der Waals surface area contributed by atoms with E-state index >= 15 is 0 Å². The molecule has 1 N–H and O–H groups in total. The molecule has 0 heterocycles. The van der Waals surface area contributed by atoms with Crippen molar-refractivity contribution >= 4 is 45.2 Å². The summed E-state index contributed by atoms with van der Waals surface area (Å²) < 4.78 is 6.77. The molecule has 0 saturated carbocycles. The van der Waals surface area contributed by atoms with Crippen LogP contribution in [0.5, 0.6) is 5.75 Å². The van der Waals surface area contributed by atoms with Gasteiger partial charge in [0.1, 0.15) is 17.4 Å². The number of anilines is 1. The minimum Gasteiger partial charge on any atom is -0.493 e. The predicted molar refractivity (Wildman–Crippen MR) is 127 cm³/mol. The first kappa shape index (κ1) is 24.0. The molecule has 0 fully saturated rings. The number of halogens is 2. The Hall–Kier alpha value is -2.29. The molecule has 4 nitrogen and oxygen atoms in total. The lowest BCUT2D eigenvalue weighted by Gasteiger charge is -2.11. The Morgan fingerprint density at radius 3 is 2.67 bits per heavy atom. The number of nitrogens with zero attached hydrogens (tertiary/aromatic N) is 1. The summed E-state index contributed by atoms with van der Waals surface area (Å²) in [5.41, 5.74) is 1.19. The van der Waals surface area contributed by atoms with Gasteiger partial charge in [0.05, 0.1) is 6.61 Å². The first-order chi connectivity index (χ1) is 14.5. The summed E-state index contributed by atoms with van der Waals surface area (Å²) in [5, 5.41) is 12.7. The van der Waals surface area contributed by atoms with Gasteiger partial charge in [0.2, 0.25) is 0 Å². The van der Waals surface area contributed by atoms with E-state index in [9.17, 15) is 10.1 Å². The number of nitriles is 1. The number of carbonyl (C=O) groups is 1. The highest BCUT2D eigenvalue weighted by Crippen LogP contribution is 2.26. The van der Waals surface area contributed by atoms with Crippen molar-refractivity contribution in [3.05, 3.63) is 63.1 Å². The summed E-state index contributed by atoms with van der Waals surface area (Å²) in [4.78, 5) is 12.5. The first-order valence-corrected chi connectivity index (χ1v) is 11.3. The van der Waals surface area contributed by atoms with Crippen molar-refractivity contribution in [2.45, 2.75) is 45.4 Å². The lowest BCUT2D eigenvalue weighted by molar-refractivity contribution is -0.112. The monoisotopic (exact) mass is 488 g/mol. The summed E-state index contributed by atoms with van der Waals surface area (Å²) in [6, 6.07) is 14.3. The van der Waals surface area contributed by atoms with Crippen LogP contribution in [0.4, 0.5) is 5.69 Å². The van der Waals surface area contributed by atoms with E-state index in [1.165, 1.54) is 25.7 Å². The molecule has 0 aromatic heterocycles. The summed E-state index contributed by atoms with van der Waals surface area (Å²) in [6.07, 6.45) is 8.63. The van der Waals surface area contributed by atoms with Gasteiger partial charge in [0, 0.05) is 20.7 Å². The fourth-order valence-electron chi connectivity index (χ4n) is 2.90. The molecule has 6 heteroatoms. The van der Waals surface area contributed by atoms with Gasteiger partial charge in [-0.3, -0.25) is 4.79 Å². The van der Waals surface area contributed by atoms with Gasteiger partial charge in [-0.15, -0.1) is 0 Å². The molecule has 0 saturated heterocycles. The number of benzene rings is 2. The van der Waals surface area contributed by atoms with Crippen molar-refractivity contribution in [1.29, 1.82) is 5.26 Å². The highest BCUT2D eigenvalue weighted by Gasteiger charge is 2.12. The van der Waals surface area contributed by atoms with Crippen LogP contribution >= 0.6 is 27.5 Å². The van der Waals surface area contributed by atoms with Gasteiger partial charge in [-0.2, -0.15) is 5.26 Å². The summed E-state index contributed by atoms with van der Waals surface area (Å²) >= 11 is 9.39. The zero-order valence-electron chi connectivity index (χ0n) is 17.1. The van der Waals surface area contributed by atoms with Gasteiger partial charge in [-0.1, -0.05) is 72.6 Å². The van der Waals surface area contributed by atoms with Gasteiger partial charge in [-0.05, 0) is 48.9 Å². The average Bonchev–Trinajstić information content (AvgIpc) is 2.72. The Labute approximate surface area is 192 Å². The first-order valence-electron chi connectivity index (χ1n) is 10.1.